The van der Waals surface area contributed by atoms with Crippen LogP contribution in [0, 0.1) is 0 Å². The lowest BCUT2D eigenvalue weighted by Crippen LogP contribution is -2.12. The van der Waals surface area contributed by atoms with Crippen molar-refractivity contribution in [3.05, 3.63) is 53.9 Å². The van der Waals surface area contributed by atoms with E-state index >= 15 is 0 Å². The summed E-state index contributed by atoms with van der Waals surface area (Å²) in [7, 11) is 0. The summed E-state index contributed by atoms with van der Waals surface area (Å²) in [4.78, 5) is 11.9. The van der Waals surface area contributed by atoms with Gasteiger partial charge in [0.05, 0.1) is 18.0 Å². The summed E-state index contributed by atoms with van der Waals surface area (Å²) >= 11 is 5.67. The second kappa shape index (κ2) is 6.85. The SMILES string of the molecule is O=C(Nc1cccc(CCCCl)c1)c1ccnnc1. The standard InChI is InChI=1S/C14H14ClN3O/c15-7-2-4-11-3-1-5-13(9-11)18-14(19)12-6-8-16-17-10-12/h1,3,5-6,8-10H,2,4,7H2,(H,18,19). The molecule has 0 aliphatic heterocycles. The topological polar surface area (TPSA) is 54.9 Å². The zero-order valence-electron chi connectivity index (χ0n) is 10.3. The number of carbonyl (C=O) groups is 1. The van der Waals surface area contributed by atoms with Gasteiger partial charge in [-0.1, -0.05) is 12.1 Å². The summed E-state index contributed by atoms with van der Waals surface area (Å²) in [5.41, 5.74) is 2.42. The maximum absolute atomic E-state index is 11.9. The number of halogens is 1. The quantitative estimate of drug-likeness (QED) is 0.854. The van der Waals surface area contributed by atoms with Gasteiger partial charge >= 0.3 is 0 Å². The average Bonchev–Trinajstić information content (AvgIpc) is 2.46. The number of benzene rings is 1. The predicted octanol–water partition coefficient (Wildman–Crippen LogP) is 2.90. The van der Waals surface area contributed by atoms with E-state index in [0.29, 0.717) is 11.4 Å². The normalized spacial score (nSPS) is 10.2. The molecule has 4 nitrogen and oxygen atoms in total. The highest BCUT2D eigenvalue weighted by Gasteiger charge is 2.06. The number of nitrogens with zero attached hydrogens (tertiary/aromatic N) is 2. The van der Waals surface area contributed by atoms with Crippen LogP contribution < -0.4 is 5.32 Å². The van der Waals surface area contributed by atoms with Gasteiger partial charge in [-0.25, -0.2) is 0 Å². The van der Waals surface area contributed by atoms with Crippen molar-refractivity contribution in [3.8, 4) is 0 Å². The van der Waals surface area contributed by atoms with Crippen molar-refractivity contribution in [1.82, 2.24) is 10.2 Å². The van der Waals surface area contributed by atoms with Gasteiger partial charge in [-0.3, -0.25) is 4.79 Å². The van der Waals surface area contributed by atoms with E-state index in [2.05, 4.69) is 15.5 Å². The van der Waals surface area contributed by atoms with Gasteiger partial charge in [-0.15, -0.1) is 11.6 Å². The van der Waals surface area contributed by atoms with Crippen LogP contribution in [0.5, 0.6) is 0 Å². The first-order valence-corrected chi connectivity index (χ1v) is 6.56. The number of aromatic nitrogens is 2. The number of aryl methyl sites for hydroxylation is 1. The lowest BCUT2D eigenvalue weighted by atomic mass is 10.1. The van der Waals surface area contributed by atoms with Crippen LogP contribution in [0.15, 0.2) is 42.7 Å². The highest BCUT2D eigenvalue weighted by molar-refractivity contribution is 6.17. The van der Waals surface area contributed by atoms with Crippen LogP contribution >= 0.6 is 11.6 Å². The van der Waals surface area contributed by atoms with E-state index in [-0.39, 0.29) is 5.91 Å². The molecule has 0 fully saturated rings. The van der Waals surface area contributed by atoms with Crippen LogP contribution in [0.25, 0.3) is 0 Å². The molecule has 1 N–H and O–H groups in total. The first-order chi connectivity index (χ1) is 9.29. The van der Waals surface area contributed by atoms with E-state index < -0.39 is 0 Å². The van der Waals surface area contributed by atoms with Crippen molar-refractivity contribution in [3.63, 3.8) is 0 Å². The number of carbonyl (C=O) groups excluding carboxylic acids is 1. The molecule has 0 saturated carbocycles. The van der Waals surface area contributed by atoms with Crippen molar-refractivity contribution >= 4 is 23.2 Å². The lowest BCUT2D eigenvalue weighted by Gasteiger charge is -2.06. The fourth-order valence-corrected chi connectivity index (χ4v) is 1.84. The molecule has 0 saturated heterocycles. The summed E-state index contributed by atoms with van der Waals surface area (Å²) < 4.78 is 0. The Morgan fingerprint density at radius 1 is 1.26 bits per heavy atom. The minimum absolute atomic E-state index is 0.190. The summed E-state index contributed by atoms with van der Waals surface area (Å²) in [5.74, 6) is 0.448. The smallest absolute Gasteiger partial charge is 0.257 e. The zero-order chi connectivity index (χ0) is 13.5. The Kier molecular flexibility index (Phi) is 4.86. The molecule has 98 valence electrons. The van der Waals surface area contributed by atoms with E-state index in [1.807, 2.05) is 24.3 Å². The molecule has 0 atom stereocenters. The van der Waals surface area contributed by atoms with Crippen molar-refractivity contribution < 1.29 is 4.79 Å². The summed E-state index contributed by atoms with van der Waals surface area (Å²) in [6, 6.07) is 9.38. The number of rotatable bonds is 5. The third-order valence-corrected chi connectivity index (χ3v) is 2.90. The zero-order valence-corrected chi connectivity index (χ0v) is 11.1. The van der Waals surface area contributed by atoms with Gasteiger partial charge in [0.25, 0.3) is 5.91 Å². The van der Waals surface area contributed by atoms with E-state index in [1.165, 1.54) is 12.4 Å². The van der Waals surface area contributed by atoms with Crippen LogP contribution in [-0.4, -0.2) is 22.0 Å². The molecule has 0 aliphatic carbocycles. The number of nitrogens with one attached hydrogen (secondary N) is 1. The third-order valence-electron chi connectivity index (χ3n) is 2.63. The highest BCUT2D eigenvalue weighted by atomic mass is 35.5. The van der Waals surface area contributed by atoms with E-state index in [9.17, 15) is 4.79 Å². The predicted molar refractivity (Wildman–Crippen MR) is 75.5 cm³/mol. The Bertz CT molecular complexity index is 545. The van der Waals surface area contributed by atoms with Crippen molar-refractivity contribution in [2.45, 2.75) is 12.8 Å². The van der Waals surface area contributed by atoms with Crippen LogP contribution in [0.1, 0.15) is 22.3 Å². The van der Waals surface area contributed by atoms with Crippen molar-refractivity contribution in [2.75, 3.05) is 11.2 Å². The molecule has 19 heavy (non-hydrogen) atoms. The molecule has 0 bridgehead atoms. The Morgan fingerprint density at radius 2 is 2.16 bits per heavy atom. The molecule has 1 amide bonds. The second-order valence-corrected chi connectivity index (χ2v) is 4.46. The first-order valence-electron chi connectivity index (χ1n) is 6.02. The maximum Gasteiger partial charge on any atom is 0.257 e. The van der Waals surface area contributed by atoms with Gasteiger partial charge in [0.1, 0.15) is 0 Å². The van der Waals surface area contributed by atoms with Crippen molar-refractivity contribution in [1.29, 1.82) is 0 Å². The largest absolute Gasteiger partial charge is 0.322 e. The number of anilines is 1. The third kappa shape index (κ3) is 4.03. The van der Waals surface area contributed by atoms with Crippen LogP contribution in [0.2, 0.25) is 0 Å². The fourth-order valence-electron chi connectivity index (χ4n) is 1.70. The van der Waals surface area contributed by atoms with Gasteiger partial charge in [0.15, 0.2) is 0 Å². The first kappa shape index (κ1) is 13.5. The Labute approximate surface area is 116 Å². The molecule has 0 aliphatic rings. The summed E-state index contributed by atoms with van der Waals surface area (Å²) in [5, 5.41) is 10.2. The Morgan fingerprint density at radius 3 is 2.89 bits per heavy atom. The molecule has 0 radical (unpaired) electrons. The van der Waals surface area contributed by atoms with Gasteiger partial charge in [0, 0.05) is 11.6 Å². The number of alkyl halides is 1. The Hall–Kier alpha value is -1.94. The molecular formula is C14H14ClN3O. The lowest BCUT2D eigenvalue weighted by molar-refractivity contribution is 0.102. The number of amides is 1. The fraction of sp³-hybridized carbons (Fsp3) is 0.214. The molecule has 1 aromatic heterocycles. The van der Waals surface area contributed by atoms with Gasteiger partial charge in [-0.05, 0) is 36.6 Å². The molecule has 5 heteroatoms. The van der Waals surface area contributed by atoms with Crippen molar-refractivity contribution in [2.24, 2.45) is 0 Å². The summed E-state index contributed by atoms with van der Waals surface area (Å²) in [6.07, 6.45) is 4.76. The summed E-state index contributed by atoms with van der Waals surface area (Å²) in [6.45, 7) is 0. The van der Waals surface area contributed by atoms with Crippen LogP contribution in [-0.2, 0) is 6.42 Å². The average molecular weight is 276 g/mol. The molecular weight excluding hydrogens is 262 g/mol. The van der Waals surface area contributed by atoms with Gasteiger partial charge < -0.3 is 5.32 Å². The van der Waals surface area contributed by atoms with Gasteiger partial charge in [-0.2, -0.15) is 10.2 Å². The molecule has 2 aromatic rings. The minimum atomic E-state index is -0.190. The molecule has 0 spiro atoms. The van der Waals surface area contributed by atoms with E-state index in [4.69, 9.17) is 11.6 Å². The van der Waals surface area contributed by atoms with E-state index in [1.54, 1.807) is 6.07 Å². The van der Waals surface area contributed by atoms with E-state index in [0.717, 1.165) is 24.1 Å². The maximum atomic E-state index is 11.9. The molecule has 0 unspecified atom stereocenters. The van der Waals surface area contributed by atoms with Crippen LogP contribution in [0.4, 0.5) is 5.69 Å². The number of hydrogen-bond acceptors (Lipinski definition) is 3. The highest BCUT2D eigenvalue weighted by Crippen LogP contribution is 2.13. The minimum Gasteiger partial charge on any atom is -0.322 e. The monoisotopic (exact) mass is 275 g/mol. The Balaban J connectivity index is 2.05. The van der Waals surface area contributed by atoms with Gasteiger partial charge in [0.2, 0.25) is 0 Å². The molecule has 1 heterocycles. The number of hydrogen-bond donors (Lipinski definition) is 1. The van der Waals surface area contributed by atoms with Crippen LogP contribution in [0.3, 0.4) is 0 Å². The molecule has 1 aromatic carbocycles. The molecule has 2 rings (SSSR count). The second-order valence-electron chi connectivity index (χ2n) is 4.08.